The minimum absolute atomic E-state index is 0. The average molecular weight is 259 g/mol. The first-order valence-electron chi connectivity index (χ1n) is 5.79. The molecule has 0 aliphatic carbocycles. The molecule has 0 aliphatic heterocycles. The molecule has 0 spiro atoms. The number of nitrogens with two attached hydrogens (primary N) is 2. The van der Waals surface area contributed by atoms with Gasteiger partial charge in [-0.25, -0.2) is 0 Å². The number of hydrogen-bond donors (Lipinski definition) is 2. The van der Waals surface area contributed by atoms with Gasteiger partial charge in [0.25, 0.3) is 0 Å². The van der Waals surface area contributed by atoms with Crippen LogP contribution in [0.25, 0.3) is 0 Å². The average Bonchev–Trinajstić information content (AvgIpc) is 2.29. The van der Waals surface area contributed by atoms with Crippen LogP contribution in [-0.2, 0) is 0 Å². The third-order valence-electron chi connectivity index (χ3n) is 2.85. The van der Waals surface area contributed by atoms with Crippen LogP contribution in [0.3, 0.4) is 0 Å². The molecule has 1 atom stereocenters. The lowest BCUT2D eigenvalue weighted by atomic mass is 9.97. The lowest BCUT2D eigenvalue weighted by Gasteiger charge is -2.15. The minimum Gasteiger partial charge on any atom is -0.497 e. The Bertz CT molecular complexity index is 331. The second-order valence-corrected chi connectivity index (χ2v) is 4.11. The fraction of sp³-hybridized carbons (Fsp3) is 0.538. The van der Waals surface area contributed by atoms with Gasteiger partial charge in [0.2, 0.25) is 0 Å². The van der Waals surface area contributed by atoms with Crippen molar-refractivity contribution in [2.24, 2.45) is 11.5 Å². The number of ether oxygens (including phenoxy) is 1. The van der Waals surface area contributed by atoms with E-state index < -0.39 is 0 Å². The van der Waals surface area contributed by atoms with Gasteiger partial charge < -0.3 is 16.2 Å². The van der Waals surface area contributed by atoms with E-state index in [1.165, 1.54) is 11.1 Å². The Morgan fingerprint density at radius 3 is 2.53 bits per heavy atom. The van der Waals surface area contributed by atoms with Gasteiger partial charge in [-0.2, -0.15) is 0 Å². The standard InChI is InChI=1S/C13H22N2O.ClH/c1-10-9-11(16-2)6-7-12(10)13(15)5-3-4-8-14;/h6-7,9,13H,3-5,8,14-15H2,1-2H3;1H/t13-;/m0./s1. The molecule has 1 aromatic carbocycles. The lowest BCUT2D eigenvalue weighted by molar-refractivity contribution is 0.414. The Hall–Kier alpha value is -0.770. The number of methoxy groups -OCH3 is 1. The van der Waals surface area contributed by atoms with Crippen LogP contribution in [-0.4, -0.2) is 13.7 Å². The summed E-state index contributed by atoms with van der Waals surface area (Å²) >= 11 is 0. The van der Waals surface area contributed by atoms with Crippen molar-refractivity contribution in [1.29, 1.82) is 0 Å². The third-order valence-corrected chi connectivity index (χ3v) is 2.85. The first-order valence-corrected chi connectivity index (χ1v) is 5.79. The molecule has 0 heterocycles. The van der Waals surface area contributed by atoms with E-state index in [4.69, 9.17) is 16.2 Å². The van der Waals surface area contributed by atoms with Crippen molar-refractivity contribution in [3.63, 3.8) is 0 Å². The number of unbranched alkanes of at least 4 members (excludes halogenated alkanes) is 1. The van der Waals surface area contributed by atoms with E-state index in [0.717, 1.165) is 31.6 Å². The van der Waals surface area contributed by atoms with Crippen molar-refractivity contribution in [1.82, 2.24) is 0 Å². The topological polar surface area (TPSA) is 61.3 Å². The highest BCUT2D eigenvalue weighted by Gasteiger charge is 2.09. The van der Waals surface area contributed by atoms with E-state index in [1.54, 1.807) is 7.11 Å². The van der Waals surface area contributed by atoms with E-state index in [2.05, 4.69) is 13.0 Å². The molecule has 0 aromatic heterocycles. The van der Waals surface area contributed by atoms with Gasteiger partial charge in [0, 0.05) is 6.04 Å². The number of aryl methyl sites for hydroxylation is 1. The second-order valence-electron chi connectivity index (χ2n) is 4.11. The van der Waals surface area contributed by atoms with Crippen LogP contribution < -0.4 is 16.2 Å². The van der Waals surface area contributed by atoms with Gasteiger partial charge in [-0.05, 0) is 49.6 Å². The van der Waals surface area contributed by atoms with Crippen LogP contribution in [0, 0.1) is 6.92 Å². The zero-order chi connectivity index (χ0) is 12.0. The summed E-state index contributed by atoms with van der Waals surface area (Å²) in [6.07, 6.45) is 3.12. The fourth-order valence-corrected chi connectivity index (χ4v) is 1.86. The summed E-state index contributed by atoms with van der Waals surface area (Å²) in [5.41, 5.74) is 14.0. The van der Waals surface area contributed by atoms with Crippen molar-refractivity contribution < 1.29 is 4.74 Å². The largest absolute Gasteiger partial charge is 0.497 e. The molecule has 0 amide bonds. The quantitative estimate of drug-likeness (QED) is 0.771. The third kappa shape index (κ3) is 4.94. The van der Waals surface area contributed by atoms with E-state index in [-0.39, 0.29) is 18.4 Å². The second kappa shape index (κ2) is 8.34. The van der Waals surface area contributed by atoms with E-state index in [9.17, 15) is 0 Å². The number of halogens is 1. The van der Waals surface area contributed by atoms with Crippen LogP contribution in [0.2, 0.25) is 0 Å². The molecule has 0 radical (unpaired) electrons. The normalized spacial score (nSPS) is 11.8. The highest BCUT2D eigenvalue weighted by Crippen LogP contribution is 2.24. The summed E-state index contributed by atoms with van der Waals surface area (Å²) in [5.74, 6) is 0.885. The van der Waals surface area contributed by atoms with Crippen molar-refractivity contribution in [2.75, 3.05) is 13.7 Å². The fourth-order valence-electron chi connectivity index (χ4n) is 1.86. The Balaban J connectivity index is 0.00000256. The maximum Gasteiger partial charge on any atom is 0.119 e. The first kappa shape index (κ1) is 16.2. The summed E-state index contributed by atoms with van der Waals surface area (Å²) in [7, 11) is 1.68. The molecule has 4 heteroatoms. The molecule has 98 valence electrons. The lowest BCUT2D eigenvalue weighted by Crippen LogP contribution is -2.12. The highest BCUT2D eigenvalue weighted by molar-refractivity contribution is 5.85. The molecule has 17 heavy (non-hydrogen) atoms. The van der Waals surface area contributed by atoms with Gasteiger partial charge in [-0.1, -0.05) is 12.5 Å². The summed E-state index contributed by atoms with van der Waals surface area (Å²) < 4.78 is 5.17. The molecule has 4 N–H and O–H groups in total. The SMILES string of the molecule is COc1ccc([C@@H](N)CCCCN)c(C)c1.Cl. The van der Waals surface area contributed by atoms with Gasteiger partial charge in [0.1, 0.15) is 5.75 Å². The van der Waals surface area contributed by atoms with Crippen molar-refractivity contribution in [3.05, 3.63) is 29.3 Å². The van der Waals surface area contributed by atoms with Crippen LogP contribution in [0.15, 0.2) is 18.2 Å². The molecule has 0 saturated heterocycles. The van der Waals surface area contributed by atoms with Crippen LogP contribution in [0.1, 0.15) is 36.4 Å². The number of rotatable bonds is 6. The highest BCUT2D eigenvalue weighted by atomic mass is 35.5. The van der Waals surface area contributed by atoms with Crippen molar-refractivity contribution in [2.45, 2.75) is 32.2 Å². The monoisotopic (exact) mass is 258 g/mol. The van der Waals surface area contributed by atoms with Crippen LogP contribution in [0.5, 0.6) is 5.75 Å². The minimum atomic E-state index is 0. The number of hydrogen-bond acceptors (Lipinski definition) is 3. The van der Waals surface area contributed by atoms with E-state index in [0.29, 0.717) is 0 Å². The molecular formula is C13H23ClN2O. The van der Waals surface area contributed by atoms with Gasteiger partial charge >= 0.3 is 0 Å². The van der Waals surface area contributed by atoms with E-state index >= 15 is 0 Å². The first-order chi connectivity index (χ1) is 7.69. The molecular weight excluding hydrogens is 236 g/mol. The summed E-state index contributed by atoms with van der Waals surface area (Å²) in [5, 5.41) is 0. The Morgan fingerprint density at radius 1 is 1.29 bits per heavy atom. The molecule has 0 fully saturated rings. The van der Waals surface area contributed by atoms with Gasteiger partial charge in [0.15, 0.2) is 0 Å². The zero-order valence-electron chi connectivity index (χ0n) is 10.6. The summed E-state index contributed by atoms with van der Waals surface area (Å²) in [4.78, 5) is 0. The molecule has 0 aliphatic rings. The predicted molar refractivity (Wildman–Crippen MR) is 74.8 cm³/mol. The smallest absolute Gasteiger partial charge is 0.119 e. The number of benzene rings is 1. The molecule has 0 saturated carbocycles. The summed E-state index contributed by atoms with van der Waals surface area (Å²) in [6.45, 7) is 2.81. The maximum atomic E-state index is 6.15. The molecule has 3 nitrogen and oxygen atoms in total. The van der Waals surface area contributed by atoms with Crippen molar-refractivity contribution >= 4 is 12.4 Å². The van der Waals surface area contributed by atoms with Crippen molar-refractivity contribution in [3.8, 4) is 5.75 Å². The van der Waals surface area contributed by atoms with Gasteiger partial charge in [-0.15, -0.1) is 12.4 Å². The molecule has 0 unspecified atom stereocenters. The Morgan fingerprint density at radius 2 is 2.00 bits per heavy atom. The van der Waals surface area contributed by atoms with Gasteiger partial charge in [-0.3, -0.25) is 0 Å². The van der Waals surface area contributed by atoms with Crippen LogP contribution in [0.4, 0.5) is 0 Å². The van der Waals surface area contributed by atoms with Gasteiger partial charge in [0.05, 0.1) is 7.11 Å². The molecule has 1 aromatic rings. The maximum absolute atomic E-state index is 6.15. The van der Waals surface area contributed by atoms with E-state index in [1.807, 2.05) is 12.1 Å². The summed E-state index contributed by atoms with van der Waals surface area (Å²) in [6, 6.07) is 6.15. The predicted octanol–water partition coefficient (Wildman–Crippen LogP) is 2.55. The zero-order valence-corrected chi connectivity index (χ0v) is 11.4. The Labute approximate surface area is 110 Å². The molecule has 0 bridgehead atoms. The molecule has 1 rings (SSSR count). The Kier molecular flexibility index (Phi) is 7.96. The van der Waals surface area contributed by atoms with Crippen LogP contribution >= 0.6 is 12.4 Å².